The number of aryl methyl sites for hydroxylation is 2. The lowest BCUT2D eigenvalue weighted by atomic mass is 10.1. The molecule has 1 aromatic carbocycles. The number of aromatic nitrogens is 2. The maximum absolute atomic E-state index is 12.3. The molecule has 0 bridgehead atoms. The van der Waals surface area contributed by atoms with Gasteiger partial charge in [0.1, 0.15) is 5.69 Å². The van der Waals surface area contributed by atoms with Crippen LogP contribution in [0.15, 0.2) is 23.0 Å². The summed E-state index contributed by atoms with van der Waals surface area (Å²) in [6.45, 7) is 4.59. The lowest BCUT2D eigenvalue weighted by Crippen LogP contribution is -2.26. The Kier molecular flexibility index (Phi) is 7.52. The molecule has 2 N–H and O–H groups in total. The summed E-state index contributed by atoms with van der Waals surface area (Å²) in [5, 5.41) is 11.4. The number of benzene rings is 1. The molecule has 0 aliphatic rings. The molecule has 1 heterocycles. The third kappa shape index (κ3) is 5.25. The van der Waals surface area contributed by atoms with Crippen LogP contribution in [0, 0.1) is 6.92 Å². The number of hydrogen-bond acceptors (Lipinski definition) is 6. The summed E-state index contributed by atoms with van der Waals surface area (Å²) in [4.78, 5) is 39.1. The molecular formula is C17H21N3O4S2. The van der Waals surface area contributed by atoms with Crippen LogP contribution in [-0.4, -0.2) is 44.6 Å². The van der Waals surface area contributed by atoms with Crippen LogP contribution in [-0.2, 0) is 11.3 Å². The molecule has 1 amide bonds. The first kappa shape index (κ1) is 20.3. The highest BCUT2D eigenvalue weighted by Crippen LogP contribution is 2.21. The number of carbonyl (C=O) groups excluding carboxylic acids is 1. The van der Waals surface area contributed by atoms with Crippen molar-refractivity contribution in [2.75, 3.05) is 18.1 Å². The summed E-state index contributed by atoms with van der Waals surface area (Å²) in [6, 6.07) is 5.13. The average molecular weight is 396 g/mol. The number of carboxylic acids is 1. The van der Waals surface area contributed by atoms with E-state index in [9.17, 15) is 14.4 Å². The SMILES string of the molecule is CCn1c(=O)c(C)nc2cc(C(=O)NCCSSCCC(=O)O)ccc21. The highest BCUT2D eigenvalue weighted by atomic mass is 33.1. The molecule has 0 fully saturated rings. The van der Waals surface area contributed by atoms with Crippen LogP contribution in [0.4, 0.5) is 0 Å². The highest BCUT2D eigenvalue weighted by molar-refractivity contribution is 8.76. The van der Waals surface area contributed by atoms with Gasteiger partial charge in [0.2, 0.25) is 0 Å². The van der Waals surface area contributed by atoms with Crippen LogP contribution in [0.1, 0.15) is 29.4 Å². The normalized spacial score (nSPS) is 10.8. The van der Waals surface area contributed by atoms with Gasteiger partial charge in [0.25, 0.3) is 11.5 Å². The number of carbonyl (C=O) groups is 2. The number of carboxylic acid groups (broad SMARTS) is 1. The fourth-order valence-electron chi connectivity index (χ4n) is 2.38. The predicted octanol–water partition coefficient (Wildman–Crippen LogP) is 2.31. The molecule has 0 aliphatic heterocycles. The number of amides is 1. The molecule has 26 heavy (non-hydrogen) atoms. The smallest absolute Gasteiger partial charge is 0.304 e. The van der Waals surface area contributed by atoms with Crippen LogP contribution in [0.25, 0.3) is 11.0 Å². The molecule has 7 nitrogen and oxygen atoms in total. The van der Waals surface area contributed by atoms with Crippen LogP contribution in [0.5, 0.6) is 0 Å². The minimum atomic E-state index is -0.806. The van der Waals surface area contributed by atoms with Gasteiger partial charge in [0, 0.05) is 30.2 Å². The van der Waals surface area contributed by atoms with Crippen LogP contribution in [0.3, 0.4) is 0 Å². The molecule has 140 valence electrons. The van der Waals surface area contributed by atoms with E-state index in [-0.39, 0.29) is 17.9 Å². The minimum absolute atomic E-state index is 0.116. The van der Waals surface area contributed by atoms with Crippen molar-refractivity contribution in [1.82, 2.24) is 14.9 Å². The van der Waals surface area contributed by atoms with Crippen LogP contribution >= 0.6 is 21.6 Å². The van der Waals surface area contributed by atoms with Crippen molar-refractivity contribution in [2.45, 2.75) is 26.8 Å². The first-order chi connectivity index (χ1) is 12.4. The van der Waals surface area contributed by atoms with Crippen molar-refractivity contribution < 1.29 is 14.7 Å². The van der Waals surface area contributed by atoms with Gasteiger partial charge in [-0.1, -0.05) is 21.6 Å². The van der Waals surface area contributed by atoms with Crippen molar-refractivity contribution in [3.63, 3.8) is 0 Å². The van der Waals surface area contributed by atoms with Gasteiger partial charge in [-0.3, -0.25) is 14.4 Å². The van der Waals surface area contributed by atoms with Crippen LogP contribution < -0.4 is 10.9 Å². The fourth-order valence-corrected chi connectivity index (χ4v) is 4.27. The van der Waals surface area contributed by atoms with Crippen LogP contribution in [0.2, 0.25) is 0 Å². The topological polar surface area (TPSA) is 101 Å². The van der Waals surface area contributed by atoms with Gasteiger partial charge in [-0.15, -0.1) is 0 Å². The first-order valence-electron chi connectivity index (χ1n) is 8.19. The van der Waals surface area contributed by atoms with Crippen molar-refractivity contribution in [3.05, 3.63) is 39.8 Å². The Hall–Kier alpha value is -2.00. The van der Waals surface area contributed by atoms with Crippen molar-refractivity contribution in [2.24, 2.45) is 0 Å². The third-order valence-corrected chi connectivity index (χ3v) is 6.05. The highest BCUT2D eigenvalue weighted by Gasteiger charge is 2.11. The van der Waals surface area contributed by atoms with Crippen molar-refractivity contribution >= 4 is 44.5 Å². The maximum atomic E-state index is 12.3. The molecule has 0 atom stereocenters. The predicted molar refractivity (Wildman–Crippen MR) is 106 cm³/mol. The second-order valence-corrected chi connectivity index (χ2v) is 8.20. The number of nitrogens with one attached hydrogen (secondary N) is 1. The Bertz CT molecular complexity index is 867. The number of rotatable bonds is 9. The summed E-state index contributed by atoms with van der Waals surface area (Å²) in [6.07, 6.45) is 0.135. The minimum Gasteiger partial charge on any atom is -0.481 e. The van der Waals surface area contributed by atoms with Gasteiger partial charge in [-0.2, -0.15) is 0 Å². The monoisotopic (exact) mass is 395 g/mol. The van der Waals surface area contributed by atoms with E-state index in [1.807, 2.05) is 6.92 Å². The maximum Gasteiger partial charge on any atom is 0.304 e. The van der Waals surface area contributed by atoms with E-state index >= 15 is 0 Å². The van der Waals surface area contributed by atoms with E-state index in [2.05, 4.69) is 10.3 Å². The van der Waals surface area contributed by atoms with E-state index < -0.39 is 5.97 Å². The van der Waals surface area contributed by atoms with E-state index in [1.54, 1.807) is 29.7 Å². The van der Waals surface area contributed by atoms with Gasteiger partial charge in [-0.25, -0.2) is 4.98 Å². The molecule has 2 aromatic rings. The quantitative estimate of drug-likeness (QED) is 0.496. The molecule has 0 radical (unpaired) electrons. The van der Waals surface area contributed by atoms with Gasteiger partial charge < -0.3 is 15.0 Å². The fraction of sp³-hybridized carbons (Fsp3) is 0.412. The zero-order valence-corrected chi connectivity index (χ0v) is 16.3. The molecule has 0 aliphatic carbocycles. The van der Waals surface area contributed by atoms with Gasteiger partial charge in [0.05, 0.1) is 17.5 Å². The lowest BCUT2D eigenvalue weighted by Gasteiger charge is -2.10. The average Bonchev–Trinajstić information content (AvgIpc) is 2.61. The number of hydrogen-bond donors (Lipinski definition) is 2. The number of fused-ring (bicyclic) bond motifs is 1. The standard InChI is InChI=1S/C17H21N3O4S2/c1-3-20-14-5-4-12(10-13(14)19-11(2)17(20)24)16(23)18-7-9-26-25-8-6-15(21)22/h4-5,10H,3,6-9H2,1-2H3,(H,18,23)(H,21,22). The first-order valence-corrected chi connectivity index (χ1v) is 10.7. The van der Waals surface area contributed by atoms with Gasteiger partial charge >= 0.3 is 5.97 Å². The van der Waals surface area contributed by atoms with Gasteiger partial charge in [-0.05, 0) is 32.0 Å². The molecule has 9 heteroatoms. The summed E-state index contributed by atoms with van der Waals surface area (Å²) in [5.74, 6) is 0.232. The lowest BCUT2D eigenvalue weighted by molar-refractivity contribution is -0.136. The molecule has 2 rings (SSSR count). The van der Waals surface area contributed by atoms with Gasteiger partial charge in [0.15, 0.2) is 0 Å². The zero-order valence-electron chi connectivity index (χ0n) is 14.7. The second kappa shape index (κ2) is 9.63. The Balaban J connectivity index is 1.95. The Morgan fingerprint density at radius 1 is 1.27 bits per heavy atom. The molecular weight excluding hydrogens is 374 g/mol. The van der Waals surface area contributed by atoms with Crippen molar-refractivity contribution in [3.8, 4) is 0 Å². The zero-order chi connectivity index (χ0) is 19.1. The largest absolute Gasteiger partial charge is 0.481 e. The van der Waals surface area contributed by atoms with E-state index in [0.29, 0.717) is 46.9 Å². The Labute approximate surface area is 159 Å². The van der Waals surface area contributed by atoms with E-state index in [4.69, 9.17) is 5.11 Å². The molecule has 0 saturated carbocycles. The summed E-state index contributed by atoms with van der Waals surface area (Å²) >= 11 is 0. The third-order valence-electron chi connectivity index (χ3n) is 3.64. The summed E-state index contributed by atoms with van der Waals surface area (Å²) < 4.78 is 1.64. The molecule has 0 unspecified atom stereocenters. The summed E-state index contributed by atoms with van der Waals surface area (Å²) in [5.41, 5.74) is 2.12. The number of aliphatic carboxylic acids is 1. The molecule has 1 aromatic heterocycles. The molecule has 0 spiro atoms. The van der Waals surface area contributed by atoms with E-state index in [0.717, 1.165) is 0 Å². The summed E-state index contributed by atoms with van der Waals surface area (Å²) in [7, 11) is 3.01. The van der Waals surface area contributed by atoms with E-state index in [1.165, 1.54) is 21.6 Å². The Morgan fingerprint density at radius 2 is 2.00 bits per heavy atom. The molecule has 0 saturated heterocycles. The second-order valence-electron chi connectivity index (χ2n) is 5.49. The van der Waals surface area contributed by atoms with Crippen molar-refractivity contribution in [1.29, 1.82) is 0 Å². The Morgan fingerprint density at radius 3 is 2.69 bits per heavy atom. The number of nitrogens with zero attached hydrogens (tertiary/aromatic N) is 2.